The first kappa shape index (κ1) is 17.4. The number of esters is 1. The molecule has 0 aromatic carbocycles. The number of carbonyl (C=O) groups excluding carboxylic acids is 2. The molecule has 0 unspecified atom stereocenters. The lowest BCUT2D eigenvalue weighted by molar-refractivity contribution is -0.148. The maximum absolute atomic E-state index is 12.5. The molecule has 0 aliphatic carbocycles. The number of fused-ring (bicyclic) bond motifs is 1. The lowest BCUT2D eigenvalue weighted by Crippen LogP contribution is -2.40. The van der Waals surface area contributed by atoms with Gasteiger partial charge < -0.3 is 9.64 Å². The third-order valence-corrected chi connectivity index (χ3v) is 4.93. The summed E-state index contributed by atoms with van der Waals surface area (Å²) in [6.07, 6.45) is 3.56. The van der Waals surface area contributed by atoms with Crippen LogP contribution in [-0.4, -0.2) is 56.5 Å². The number of carbonyl (C=O) groups is 2. The second-order valence-corrected chi connectivity index (χ2v) is 6.43. The van der Waals surface area contributed by atoms with Crippen LogP contribution in [0.5, 0.6) is 0 Å². The van der Waals surface area contributed by atoms with Gasteiger partial charge in [0.25, 0.3) is 0 Å². The van der Waals surface area contributed by atoms with Crippen molar-refractivity contribution in [3.05, 3.63) is 11.9 Å². The van der Waals surface area contributed by atoms with E-state index in [1.54, 1.807) is 0 Å². The van der Waals surface area contributed by atoms with E-state index in [1.807, 2.05) is 34.3 Å². The molecule has 2 aromatic heterocycles. The molecular weight excluding hydrogens is 322 g/mol. The standard InChI is InChI=1S/C17H25N5O3/c1-4-21-14-11-18-22(16(14)12(2)19-21)10-7-15(23)20-8-5-13(6-9-20)17(24)25-3/h11,13H,4-10H2,1-3H3. The maximum Gasteiger partial charge on any atom is 0.308 e. The Morgan fingerprint density at radius 2 is 2.00 bits per heavy atom. The Morgan fingerprint density at radius 1 is 1.28 bits per heavy atom. The molecular formula is C17H25N5O3. The molecule has 0 atom stereocenters. The molecule has 8 heteroatoms. The summed E-state index contributed by atoms with van der Waals surface area (Å²) >= 11 is 0. The number of hydrogen-bond acceptors (Lipinski definition) is 5. The fourth-order valence-corrected chi connectivity index (χ4v) is 3.52. The van der Waals surface area contributed by atoms with Gasteiger partial charge in [0.1, 0.15) is 11.0 Å². The van der Waals surface area contributed by atoms with Crippen molar-refractivity contribution in [3.63, 3.8) is 0 Å². The van der Waals surface area contributed by atoms with E-state index in [4.69, 9.17) is 4.74 Å². The first-order valence-electron chi connectivity index (χ1n) is 8.79. The van der Waals surface area contributed by atoms with E-state index in [1.165, 1.54) is 7.11 Å². The molecule has 8 nitrogen and oxygen atoms in total. The number of piperidine rings is 1. The maximum atomic E-state index is 12.5. The summed E-state index contributed by atoms with van der Waals surface area (Å²) in [5, 5.41) is 8.91. The number of aromatic nitrogens is 4. The second-order valence-electron chi connectivity index (χ2n) is 6.43. The number of rotatable bonds is 5. The summed E-state index contributed by atoms with van der Waals surface area (Å²) in [4.78, 5) is 25.9. The van der Waals surface area contributed by atoms with Crippen molar-refractivity contribution in [1.82, 2.24) is 24.5 Å². The molecule has 2 aromatic rings. The quantitative estimate of drug-likeness (QED) is 0.763. The Balaban J connectivity index is 1.58. The van der Waals surface area contributed by atoms with Crippen molar-refractivity contribution in [2.45, 2.75) is 46.2 Å². The van der Waals surface area contributed by atoms with Gasteiger partial charge in [0, 0.05) is 26.1 Å². The molecule has 1 fully saturated rings. The summed E-state index contributed by atoms with van der Waals surface area (Å²) in [5.74, 6) is -0.149. The Labute approximate surface area is 146 Å². The molecule has 25 heavy (non-hydrogen) atoms. The van der Waals surface area contributed by atoms with Crippen molar-refractivity contribution in [1.29, 1.82) is 0 Å². The molecule has 0 spiro atoms. The van der Waals surface area contributed by atoms with E-state index in [-0.39, 0.29) is 17.8 Å². The van der Waals surface area contributed by atoms with E-state index < -0.39 is 0 Å². The van der Waals surface area contributed by atoms with Crippen LogP contribution >= 0.6 is 0 Å². The predicted octanol–water partition coefficient (Wildman–Crippen LogP) is 1.36. The topological polar surface area (TPSA) is 82.3 Å². The fourth-order valence-electron chi connectivity index (χ4n) is 3.52. The Bertz CT molecular complexity index is 771. The molecule has 1 aliphatic heterocycles. The van der Waals surface area contributed by atoms with Crippen LogP contribution in [0.3, 0.4) is 0 Å². The van der Waals surface area contributed by atoms with Crippen molar-refractivity contribution in [2.24, 2.45) is 5.92 Å². The average molecular weight is 347 g/mol. The molecule has 1 amide bonds. The first-order chi connectivity index (χ1) is 12.0. The van der Waals surface area contributed by atoms with Crippen molar-refractivity contribution in [3.8, 4) is 0 Å². The number of aryl methyl sites for hydroxylation is 3. The molecule has 1 saturated heterocycles. The first-order valence-corrected chi connectivity index (χ1v) is 8.79. The van der Waals surface area contributed by atoms with Crippen LogP contribution in [0, 0.1) is 12.8 Å². The number of nitrogens with zero attached hydrogens (tertiary/aromatic N) is 5. The smallest absolute Gasteiger partial charge is 0.308 e. The van der Waals surface area contributed by atoms with E-state index in [0.717, 1.165) is 23.3 Å². The van der Waals surface area contributed by atoms with Crippen LogP contribution in [0.1, 0.15) is 31.9 Å². The fraction of sp³-hybridized carbons (Fsp3) is 0.647. The van der Waals surface area contributed by atoms with Crippen LogP contribution in [0.15, 0.2) is 6.20 Å². The van der Waals surface area contributed by atoms with E-state index in [0.29, 0.717) is 38.9 Å². The zero-order valence-electron chi connectivity index (χ0n) is 15.1. The largest absolute Gasteiger partial charge is 0.469 e. The molecule has 3 rings (SSSR count). The van der Waals surface area contributed by atoms with Gasteiger partial charge in [0.2, 0.25) is 5.91 Å². The van der Waals surface area contributed by atoms with Crippen molar-refractivity contribution < 1.29 is 14.3 Å². The van der Waals surface area contributed by atoms with Crippen LogP contribution in [-0.2, 0) is 27.4 Å². The van der Waals surface area contributed by atoms with Gasteiger partial charge in [-0.3, -0.25) is 19.0 Å². The van der Waals surface area contributed by atoms with E-state index >= 15 is 0 Å². The van der Waals surface area contributed by atoms with Gasteiger partial charge in [0.05, 0.1) is 31.5 Å². The molecule has 0 saturated carbocycles. The van der Waals surface area contributed by atoms with Crippen molar-refractivity contribution in [2.75, 3.05) is 20.2 Å². The van der Waals surface area contributed by atoms with Gasteiger partial charge >= 0.3 is 5.97 Å². The molecule has 3 heterocycles. The van der Waals surface area contributed by atoms with Crippen LogP contribution in [0.25, 0.3) is 11.0 Å². The number of ether oxygens (including phenoxy) is 1. The molecule has 0 N–H and O–H groups in total. The van der Waals surface area contributed by atoms with Crippen molar-refractivity contribution >= 4 is 22.9 Å². The van der Waals surface area contributed by atoms with Gasteiger partial charge in [-0.2, -0.15) is 10.2 Å². The van der Waals surface area contributed by atoms with E-state index in [2.05, 4.69) is 10.2 Å². The Kier molecular flexibility index (Phi) is 5.06. The van der Waals surface area contributed by atoms with Crippen LogP contribution < -0.4 is 0 Å². The lowest BCUT2D eigenvalue weighted by Gasteiger charge is -2.30. The van der Waals surface area contributed by atoms with Gasteiger partial charge in [-0.1, -0.05) is 0 Å². The van der Waals surface area contributed by atoms with Gasteiger partial charge in [-0.25, -0.2) is 0 Å². The molecule has 0 radical (unpaired) electrons. The number of likely N-dealkylation sites (tertiary alicyclic amines) is 1. The predicted molar refractivity (Wildman–Crippen MR) is 91.9 cm³/mol. The van der Waals surface area contributed by atoms with Gasteiger partial charge in [-0.05, 0) is 26.7 Å². The van der Waals surface area contributed by atoms with Crippen LogP contribution in [0.2, 0.25) is 0 Å². The van der Waals surface area contributed by atoms with E-state index in [9.17, 15) is 9.59 Å². The SMILES string of the molecule is CCn1nc(C)c2c1cnn2CCC(=O)N1CCC(C(=O)OC)CC1. The molecule has 136 valence electrons. The highest BCUT2D eigenvalue weighted by Crippen LogP contribution is 2.20. The second kappa shape index (κ2) is 7.25. The minimum Gasteiger partial charge on any atom is -0.469 e. The highest BCUT2D eigenvalue weighted by molar-refractivity contribution is 5.79. The minimum absolute atomic E-state index is 0.0812. The van der Waals surface area contributed by atoms with Crippen LogP contribution in [0.4, 0.5) is 0 Å². The third-order valence-electron chi connectivity index (χ3n) is 4.93. The van der Waals surface area contributed by atoms with Gasteiger partial charge in [0.15, 0.2) is 0 Å². The Hall–Kier alpha value is -2.38. The third kappa shape index (κ3) is 3.38. The zero-order chi connectivity index (χ0) is 18.0. The summed E-state index contributed by atoms with van der Waals surface area (Å²) in [6, 6.07) is 0. The number of methoxy groups -OCH3 is 1. The average Bonchev–Trinajstić information content (AvgIpc) is 3.20. The normalized spacial score (nSPS) is 15.7. The number of hydrogen-bond donors (Lipinski definition) is 0. The highest BCUT2D eigenvalue weighted by Gasteiger charge is 2.27. The van der Waals surface area contributed by atoms with Gasteiger partial charge in [-0.15, -0.1) is 0 Å². The minimum atomic E-state index is -0.172. The Morgan fingerprint density at radius 3 is 2.64 bits per heavy atom. The number of amides is 1. The zero-order valence-corrected chi connectivity index (χ0v) is 15.1. The summed E-state index contributed by atoms with van der Waals surface area (Å²) < 4.78 is 8.57. The summed E-state index contributed by atoms with van der Waals surface area (Å²) in [5.41, 5.74) is 2.94. The summed E-state index contributed by atoms with van der Waals surface area (Å²) in [7, 11) is 1.41. The lowest BCUT2D eigenvalue weighted by atomic mass is 9.97. The monoisotopic (exact) mass is 347 g/mol. The summed E-state index contributed by atoms with van der Waals surface area (Å²) in [6.45, 7) is 6.57. The molecule has 1 aliphatic rings. The molecule has 0 bridgehead atoms. The highest BCUT2D eigenvalue weighted by atomic mass is 16.5.